The van der Waals surface area contributed by atoms with E-state index in [-0.39, 0.29) is 12.3 Å². The summed E-state index contributed by atoms with van der Waals surface area (Å²) in [5.41, 5.74) is 5.84. The number of amides is 1. The molecular formula is C9H12N4O3. The fourth-order valence-electron chi connectivity index (χ4n) is 1.72. The van der Waals surface area contributed by atoms with Gasteiger partial charge in [0.2, 0.25) is 0 Å². The Labute approximate surface area is 91.2 Å². The molecule has 7 heteroatoms. The second kappa shape index (κ2) is 4.03. The highest BCUT2D eigenvalue weighted by Crippen LogP contribution is 2.27. The molecule has 1 amide bonds. The zero-order chi connectivity index (χ0) is 11.7. The van der Waals surface area contributed by atoms with Crippen LogP contribution in [0.1, 0.15) is 23.0 Å². The number of hydrogen-bond donors (Lipinski definition) is 3. The fourth-order valence-corrected chi connectivity index (χ4v) is 1.72. The molecule has 1 aromatic rings. The Morgan fingerprint density at radius 1 is 1.69 bits per heavy atom. The maximum Gasteiger partial charge on any atom is 0.270 e. The number of aromatic nitrogens is 3. The zero-order valence-corrected chi connectivity index (χ0v) is 8.45. The lowest BCUT2D eigenvalue weighted by atomic mass is 10.2. The minimum absolute atomic E-state index is 0.0537. The minimum Gasteiger partial charge on any atom is -0.392 e. The van der Waals surface area contributed by atoms with Gasteiger partial charge in [-0.05, 0) is 12.0 Å². The highest BCUT2D eigenvalue weighted by atomic mass is 16.3. The summed E-state index contributed by atoms with van der Waals surface area (Å²) in [4.78, 5) is 10.8. The molecule has 1 unspecified atom stereocenters. The third-order valence-electron chi connectivity index (χ3n) is 2.54. The van der Waals surface area contributed by atoms with Gasteiger partial charge in [0.15, 0.2) is 5.69 Å². The van der Waals surface area contributed by atoms with Gasteiger partial charge in [-0.2, -0.15) is 0 Å². The Morgan fingerprint density at radius 2 is 2.44 bits per heavy atom. The van der Waals surface area contributed by atoms with E-state index < -0.39 is 18.1 Å². The van der Waals surface area contributed by atoms with Crippen LogP contribution >= 0.6 is 0 Å². The molecule has 0 saturated carbocycles. The van der Waals surface area contributed by atoms with E-state index in [1.165, 1.54) is 10.9 Å². The van der Waals surface area contributed by atoms with Crippen LogP contribution in [0.15, 0.2) is 17.8 Å². The maximum atomic E-state index is 10.8. The lowest BCUT2D eigenvalue weighted by Crippen LogP contribution is -2.19. The molecule has 2 atom stereocenters. The molecule has 0 aliphatic heterocycles. The highest BCUT2D eigenvalue weighted by molar-refractivity contribution is 5.90. The smallest absolute Gasteiger partial charge is 0.270 e. The van der Waals surface area contributed by atoms with Crippen LogP contribution in [0, 0.1) is 0 Å². The van der Waals surface area contributed by atoms with Gasteiger partial charge in [0.05, 0.1) is 24.9 Å². The standard InChI is InChI=1S/C9H12N4O3/c10-9(16)6-3-13(12-11-6)7-1-5(4-14)2-8(7)15/h1,3,7-8,14-15H,2,4H2,(H2,10,16)/t7-,8?/m1/s1. The van der Waals surface area contributed by atoms with Crippen molar-refractivity contribution in [3.05, 3.63) is 23.5 Å². The predicted octanol–water partition coefficient (Wildman–Crippen LogP) is -1.40. The summed E-state index contributed by atoms with van der Waals surface area (Å²) in [6.07, 6.45) is 2.83. The van der Waals surface area contributed by atoms with Crippen LogP contribution in [0.5, 0.6) is 0 Å². The quantitative estimate of drug-likeness (QED) is 0.546. The van der Waals surface area contributed by atoms with E-state index in [2.05, 4.69) is 10.3 Å². The van der Waals surface area contributed by atoms with Gasteiger partial charge < -0.3 is 15.9 Å². The fraction of sp³-hybridized carbons (Fsp3) is 0.444. The molecule has 1 aliphatic carbocycles. The lowest BCUT2D eigenvalue weighted by Gasteiger charge is -2.12. The molecule has 0 spiro atoms. The van der Waals surface area contributed by atoms with Crippen molar-refractivity contribution in [2.75, 3.05) is 6.61 Å². The summed E-state index contributed by atoms with van der Waals surface area (Å²) in [7, 11) is 0. The van der Waals surface area contributed by atoms with Crippen LogP contribution in [-0.4, -0.2) is 43.8 Å². The first-order valence-corrected chi connectivity index (χ1v) is 4.82. The number of carbonyl (C=O) groups is 1. The summed E-state index contributed by atoms with van der Waals surface area (Å²) in [6, 6.07) is -0.400. The molecule has 0 fully saturated rings. The first-order chi connectivity index (χ1) is 7.61. The van der Waals surface area contributed by atoms with Gasteiger partial charge in [0.25, 0.3) is 5.91 Å². The number of aliphatic hydroxyl groups excluding tert-OH is 2. The summed E-state index contributed by atoms with van der Waals surface area (Å²) in [6.45, 7) is -0.0923. The van der Waals surface area contributed by atoms with Crippen molar-refractivity contribution < 1.29 is 15.0 Å². The van der Waals surface area contributed by atoms with E-state index in [0.717, 1.165) is 5.57 Å². The van der Waals surface area contributed by atoms with Crippen molar-refractivity contribution in [3.8, 4) is 0 Å². The van der Waals surface area contributed by atoms with Crippen LogP contribution < -0.4 is 5.73 Å². The first kappa shape index (κ1) is 10.8. The molecule has 16 heavy (non-hydrogen) atoms. The average Bonchev–Trinajstić information content (AvgIpc) is 2.83. The van der Waals surface area contributed by atoms with Gasteiger partial charge >= 0.3 is 0 Å². The van der Waals surface area contributed by atoms with Crippen molar-refractivity contribution in [1.29, 1.82) is 0 Å². The van der Waals surface area contributed by atoms with Crippen molar-refractivity contribution in [3.63, 3.8) is 0 Å². The molecule has 2 rings (SSSR count). The molecule has 1 aliphatic rings. The summed E-state index contributed by atoms with van der Waals surface area (Å²) in [5.74, 6) is -0.662. The number of carbonyl (C=O) groups excluding carboxylic acids is 1. The van der Waals surface area contributed by atoms with E-state index >= 15 is 0 Å². The van der Waals surface area contributed by atoms with E-state index in [0.29, 0.717) is 6.42 Å². The number of aliphatic hydroxyl groups is 2. The van der Waals surface area contributed by atoms with Gasteiger partial charge in [-0.1, -0.05) is 11.3 Å². The Bertz CT molecular complexity index is 440. The van der Waals surface area contributed by atoms with Crippen molar-refractivity contribution in [2.24, 2.45) is 5.73 Å². The molecule has 1 heterocycles. The Kier molecular flexibility index (Phi) is 2.71. The molecular weight excluding hydrogens is 212 g/mol. The predicted molar refractivity (Wildman–Crippen MR) is 53.4 cm³/mol. The minimum atomic E-state index is -0.662. The van der Waals surface area contributed by atoms with Crippen LogP contribution in [0.25, 0.3) is 0 Å². The van der Waals surface area contributed by atoms with Gasteiger partial charge in [-0.15, -0.1) is 5.10 Å². The molecule has 1 aromatic heterocycles. The summed E-state index contributed by atoms with van der Waals surface area (Å²) in [5, 5.41) is 26.0. The van der Waals surface area contributed by atoms with Crippen molar-refractivity contribution >= 4 is 5.91 Å². The average molecular weight is 224 g/mol. The molecule has 86 valence electrons. The second-order valence-electron chi connectivity index (χ2n) is 3.69. The molecule has 0 radical (unpaired) electrons. The first-order valence-electron chi connectivity index (χ1n) is 4.82. The molecule has 0 aromatic carbocycles. The number of rotatable bonds is 3. The third-order valence-corrected chi connectivity index (χ3v) is 2.54. The van der Waals surface area contributed by atoms with E-state index in [1.54, 1.807) is 6.08 Å². The van der Waals surface area contributed by atoms with E-state index in [4.69, 9.17) is 10.8 Å². The molecule has 7 nitrogen and oxygen atoms in total. The largest absolute Gasteiger partial charge is 0.392 e. The van der Waals surface area contributed by atoms with Crippen LogP contribution in [0.4, 0.5) is 0 Å². The SMILES string of the molecule is NC(=O)c1cn([C@@H]2C=C(CO)CC2O)nn1. The zero-order valence-electron chi connectivity index (χ0n) is 8.45. The van der Waals surface area contributed by atoms with Crippen molar-refractivity contribution in [2.45, 2.75) is 18.6 Å². The number of nitrogens with two attached hydrogens (primary N) is 1. The van der Waals surface area contributed by atoms with E-state index in [1.807, 2.05) is 0 Å². The van der Waals surface area contributed by atoms with Crippen LogP contribution in [0.2, 0.25) is 0 Å². The molecule has 0 bridgehead atoms. The van der Waals surface area contributed by atoms with E-state index in [9.17, 15) is 9.90 Å². The van der Waals surface area contributed by atoms with Crippen molar-refractivity contribution in [1.82, 2.24) is 15.0 Å². The second-order valence-corrected chi connectivity index (χ2v) is 3.69. The Hall–Kier alpha value is -1.73. The number of nitrogens with zero attached hydrogens (tertiary/aromatic N) is 3. The molecule has 4 N–H and O–H groups in total. The third kappa shape index (κ3) is 1.82. The molecule has 0 saturated heterocycles. The van der Waals surface area contributed by atoms with Gasteiger partial charge in [0.1, 0.15) is 0 Å². The maximum absolute atomic E-state index is 10.8. The van der Waals surface area contributed by atoms with Crippen LogP contribution in [-0.2, 0) is 0 Å². The highest BCUT2D eigenvalue weighted by Gasteiger charge is 2.28. The summed E-state index contributed by atoms with van der Waals surface area (Å²) < 4.78 is 1.37. The van der Waals surface area contributed by atoms with Crippen LogP contribution in [0.3, 0.4) is 0 Å². The van der Waals surface area contributed by atoms with Gasteiger partial charge in [-0.25, -0.2) is 4.68 Å². The number of primary amides is 1. The normalized spacial score (nSPS) is 24.5. The van der Waals surface area contributed by atoms with Gasteiger partial charge in [-0.3, -0.25) is 4.79 Å². The monoisotopic (exact) mass is 224 g/mol. The Balaban J connectivity index is 2.24. The summed E-state index contributed by atoms with van der Waals surface area (Å²) >= 11 is 0. The lowest BCUT2D eigenvalue weighted by molar-refractivity contribution is 0.0995. The number of hydrogen-bond acceptors (Lipinski definition) is 5. The topological polar surface area (TPSA) is 114 Å². The Morgan fingerprint density at radius 3 is 2.94 bits per heavy atom. The van der Waals surface area contributed by atoms with Gasteiger partial charge in [0, 0.05) is 0 Å².